The molecule has 186 valence electrons. The number of halogens is 3. The van der Waals surface area contributed by atoms with E-state index in [0.717, 1.165) is 19.2 Å². The number of anilines is 2. The molecule has 11 heteroatoms. The van der Waals surface area contributed by atoms with Gasteiger partial charge in [0.15, 0.2) is 0 Å². The van der Waals surface area contributed by atoms with E-state index in [9.17, 15) is 27.6 Å². The van der Waals surface area contributed by atoms with Crippen LogP contribution in [0.2, 0.25) is 0 Å². The highest BCUT2D eigenvalue weighted by atomic mass is 19.4. The van der Waals surface area contributed by atoms with E-state index in [0.29, 0.717) is 45.4 Å². The predicted molar refractivity (Wildman–Crippen MR) is 120 cm³/mol. The first-order chi connectivity index (χ1) is 16.2. The number of rotatable bonds is 5. The van der Waals surface area contributed by atoms with Gasteiger partial charge >= 0.3 is 6.18 Å². The number of piperidine rings is 2. The molecule has 3 N–H and O–H groups in total. The largest absolute Gasteiger partial charge is 0.418 e. The van der Waals surface area contributed by atoms with Gasteiger partial charge in [-0.3, -0.25) is 19.7 Å². The molecule has 3 fully saturated rings. The Morgan fingerprint density at radius 2 is 1.76 bits per heavy atom. The fourth-order valence-corrected chi connectivity index (χ4v) is 4.83. The number of hydrogen-bond donors (Lipinski definition) is 3. The quantitative estimate of drug-likeness (QED) is 0.557. The number of alkyl halides is 3. The van der Waals surface area contributed by atoms with E-state index in [4.69, 9.17) is 0 Å². The van der Waals surface area contributed by atoms with Gasteiger partial charge in [-0.1, -0.05) is 0 Å². The Bertz CT molecular complexity index is 925. The minimum atomic E-state index is -4.56. The second-order valence-electron chi connectivity index (χ2n) is 9.14. The molecule has 1 aromatic rings. The minimum Gasteiger partial charge on any atom is -0.374 e. The number of nitrogens with one attached hydrogen (secondary N) is 3. The van der Waals surface area contributed by atoms with Gasteiger partial charge in [-0.15, -0.1) is 0 Å². The highest BCUT2D eigenvalue weighted by Gasteiger charge is 2.37. The number of nitrogens with zero attached hydrogens (tertiary/aromatic N) is 2. The maximum absolute atomic E-state index is 13.9. The first kappa shape index (κ1) is 24.3. The highest BCUT2D eigenvalue weighted by molar-refractivity contribution is 6.01. The summed E-state index contributed by atoms with van der Waals surface area (Å²) < 4.78 is 41.7. The molecule has 34 heavy (non-hydrogen) atoms. The molecular formula is C23H30F3N5O3. The maximum atomic E-state index is 13.9. The van der Waals surface area contributed by atoms with E-state index in [-0.39, 0.29) is 41.9 Å². The predicted octanol–water partition coefficient (Wildman–Crippen LogP) is 1.96. The zero-order chi connectivity index (χ0) is 24.3. The van der Waals surface area contributed by atoms with Gasteiger partial charge in [0.2, 0.25) is 17.7 Å². The van der Waals surface area contributed by atoms with Crippen molar-refractivity contribution in [1.82, 2.24) is 15.5 Å². The summed E-state index contributed by atoms with van der Waals surface area (Å²) in [7, 11) is 0. The normalized spacial score (nSPS) is 22.5. The number of imide groups is 1. The summed E-state index contributed by atoms with van der Waals surface area (Å²) >= 11 is 0. The Labute approximate surface area is 196 Å². The highest BCUT2D eigenvalue weighted by Crippen LogP contribution is 2.40. The third kappa shape index (κ3) is 5.81. The van der Waals surface area contributed by atoms with Crippen molar-refractivity contribution >= 4 is 29.1 Å². The molecule has 0 bridgehead atoms. The summed E-state index contributed by atoms with van der Waals surface area (Å²) in [6.07, 6.45) is -2.44. The second-order valence-corrected chi connectivity index (χ2v) is 9.14. The maximum Gasteiger partial charge on any atom is 0.418 e. The first-order valence-electron chi connectivity index (χ1n) is 11.8. The zero-order valence-corrected chi connectivity index (χ0v) is 18.9. The lowest BCUT2D eigenvalue weighted by atomic mass is 9.92. The van der Waals surface area contributed by atoms with Crippen LogP contribution in [0.5, 0.6) is 0 Å². The number of benzene rings is 1. The molecule has 0 aliphatic carbocycles. The van der Waals surface area contributed by atoms with Gasteiger partial charge < -0.3 is 20.4 Å². The van der Waals surface area contributed by atoms with E-state index in [1.165, 1.54) is 12.1 Å². The molecule has 3 amide bonds. The van der Waals surface area contributed by atoms with Crippen LogP contribution in [0, 0.1) is 5.92 Å². The van der Waals surface area contributed by atoms with E-state index in [2.05, 4.69) is 16.0 Å². The molecular weight excluding hydrogens is 451 g/mol. The average molecular weight is 482 g/mol. The fourth-order valence-electron chi connectivity index (χ4n) is 4.83. The lowest BCUT2D eigenvalue weighted by Crippen LogP contribution is -2.47. The van der Waals surface area contributed by atoms with Crippen molar-refractivity contribution in [3.05, 3.63) is 23.8 Å². The fraction of sp³-hybridized carbons (Fsp3) is 0.609. The molecule has 3 saturated heterocycles. The van der Waals surface area contributed by atoms with Gasteiger partial charge in [-0.25, -0.2) is 0 Å². The van der Waals surface area contributed by atoms with Crippen LogP contribution in [0.1, 0.15) is 37.7 Å². The lowest BCUT2D eigenvalue weighted by molar-refractivity contribution is -0.137. The van der Waals surface area contributed by atoms with Crippen molar-refractivity contribution in [3.63, 3.8) is 0 Å². The van der Waals surface area contributed by atoms with E-state index < -0.39 is 23.7 Å². The van der Waals surface area contributed by atoms with Gasteiger partial charge in [0.25, 0.3) is 0 Å². The minimum absolute atomic E-state index is 0.105. The zero-order valence-electron chi connectivity index (χ0n) is 18.9. The molecule has 0 saturated carbocycles. The molecule has 1 atom stereocenters. The smallest absolute Gasteiger partial charge is 0.374 e. The van der Waals surface area contributed by atoms with Gasteiger partial charge in [0.1, 0.15) is 6.04 Å². The Kier molecular flexibility index (Phi) is 7.30. The van der Waals surface area contributed by atoms with Crippen LogP contribution in [0.4, 0.5) is 24.5 Å². The molecule has 3 heterocycles. The molecule has 0 radical (unpaired) electrons. The van der Waals surface area contributed by atoms with Gasteiger partial charge in [-0.2, -0.15) is 13.2 Å². The van der Waals surface area contributed by atoms with Gasteiger partial charge in [-0.05, 0) is 43.4 Å². The van der Waals surface area contributed by atoms with Crippen LogP contribution in [-0.4, -0.2) is 67.9 Å². The van der Waals surface area contributed by atoms with Crippen molar-refractivity contribution in [3.8, 4) is 0 Å². The van der Waals surface area contributed by atoms with Crippen molar-refractivity contribution in [2.75, 3.05) is 49.5 Å². The van der Waals surface area contributed by atoms with Crippen LogP contribution in [0.15, 0.2) is 18.2 Å². The van der Waals surface area contributed by atoms with Crippen molar-refractivity contribution in [2.45, 2.75) is 44.3 Å². The van der Waals surface area contributed by atoms with Gasteiger partial charge in [0.05, 0.1) is 5.56 Å². The van der Waals surface area contributed by atoms with E-state index in [1.807, 2.05) is 4.90 Å². The summed E-state index contributed by atoms with van der Waals surface area (Å²) in [5, 5.41) is 8.23. The average Bonchev–Trinajstić information content (AvgIpc) is 2.81. The van der Waals surface area contributed by atoms with Crippen molar-refractivity contribution < 1.29 is 27.6 Å². The lowest BCUT2D eigenvalue weighted by Gasteiger charge is -2.36. The van der Waals surface area contributed by atoms with Crippen molar-refractivity contribution in [1.29, 1.82) is 0 Å². The summed E-state index contributed by atoms with van der Waals surface area (Å²) in [6, 6.07) is 3.24. The molecule has 1 aromatic carbocycles. The summed E-state index contributed by atoms with van der Waals surface area (Å²) in [5.41, 5.74) is -0.476. The third-order valence-electron chi connectivity index (χ3n) is 6.77. The summed E-state index contributed by atoms with van der Waals surface area (Å²) in [5.74, 6) is -0.625. The topological polar surface area (TPSA) is 93.8 Å². The molecule has 3 aliphatic heterocycles. The Hall–Kier alpha value is -2.82. The monoisotopic (exact) mass is 481 g/mol. The summed E-state index contributed by atoms with van der Waals surface area (Å²) in [6.45, 7) is 3.88. The standard InChI is InChI=1S/C23H30F3N5O3/c24-23(25,26)17-14-16(28-18-2-4-20(32)29-22(18)34)1-3-19(17)30-9-5-15(6-10-30)13-21(33)31-11-7-27-8-12-31/h1,3,14-15,18,27-28H,2,4-13H2,(H,29,32,34). The molecule has 0 aromatic heterocycles. The van der Waals surface area contributed by atoms with Crippen LogP contribution in [0.3, 0.4) is 0 Å². The number of carbonyl (C=O) groups excluding carboxylic acids is 3. The molecule has 4 rings (SSSR count). The summed E-state index contributed by atoms with van der Waals surface area (Å²) in [4.78, 5) is 39.4. The number of carbonyl (C=O) groups is 3. The van der Waals surface area contributed by atoms with Crippen LogP contribution in [-0.2, 0) is 20.6 Å². The third-order valence-corrected chi connectivity index (χ3v) is 6.77. The molecule has 3 aliphatic rings. The Morgan fingerprint density at radius 1 is 1.06 bits per heavy atom. The van der Waals surface area contributed by atoms with E-state index >= 15 is 0 Å². The number of hydrogen-bond acceptors (Lipinski definition) is 6. The Balaban J connectivity index is 1.40. The van der Waals surface area contributed by atoms with Crippen LogP contribution >= 0.6 is 0 Å². The van der Waals surface area contributed by atoms with Crippen LogP contribution in [0.25, 0.3) is 0 Å². The number of piperazine rings is 1. The SMILES string of the molecule is O=C1CCC(Nc2ccc(N3CCC(CC(=O)N4CCNCC4)CC3)c(C(F)(F)F)c2)C(=O)N1. The van der Waals surface area contributed by atoms with Crippen molar-refractivity contribution in [2.24, 2.45) is 5.92 Å². The Morgan fingerprint density at radius 3 is 2.41 bits per heavy atom. The van der Waals surface area contributed by atoms with Crippen LogP contribution < -0.4 is 20.9 Å². The molecule has 8 nitrogen and oxygen atoms in total. The molecule has 1 unspecified atom stereocenters. The van der Waals surface area contributed by atoms with Gasteiger partial charge in [0, 0.05) is 63.5 Å². The first-order valence-corrected chi connectivity index (χ1v) is 11.8. The second kappa shape index (κ2) is 10.2. The molecule has 0 spiro atoms. The number of amides is 3. The van der Waals surface area contributed by atoms with E-state index in [1.54, 1.807) is 4.90 Å².